The maximum atomic E-state index is 16.4. The van der Waals surface area contributed by atoms with E-state index in [2.05, 4.69) is 27.5 Å². The van der Waals surface area contributed by atoms with E-state index in [9.17, 15) is 45.3 Å². The SMILES string of the molecule is CNC[C@H]1C[C@@H]2C[C@@]3(CCO[C@@H](CNC)C3)[C@H]3C[C@@H]2[C@@](O)(C1)c1c3ccc(Cc2c(O)c3c4c(c2O[C@H]2O[C@@H](C5CCCC5)[C@@H](O)C(O)(O)[C@H]2OCCN=C(N)N)CC#C[C@H](N)CC[C@@H](O)Cc2cccc(c2)/C=C/c2c(OC(C)=O)cc(CO)c(c2C4=O)C3=O)c1C=O. The first-order chi connectivity index (χ1) is 45.1. The maximum Gasteiger partial charge on any atom is 0.308 e. The Morgan fingerprint density at radius 2 is 1.68 bits per heavy atom. The number of carbonyl (C=O) groups excluding carboxylic acids is 4. The molecule has 1 spiro atoms. The maximum absolute atomic E-state index is 16.4. The van der Waals surface area contributed by atoms with Gasteiger partial charge < -0.3 is 87.3 Å². The number of phenolic OH excluding ortho intramolecular Hbond substituents is 1. The Kier molecular flexibility index (Phi) is 19.5. The highest BCUT2D eigenvalue weighted by Gasteiger charge is 2.63. The molecule has 0 amide bonds. The van der Waals surface area contributed by atoms with Gasteiger partial charge in [-0.1, -0.05) is 67.2 Å². The van der Waals surface area contributed by atoms with Gasteiger partial charge in [-0.2, -0.15) is 0 Å². The van der Waals surface area contributed by atoms with Crippen LogP contribution in [0.15, 0.2) is 47.5 Å². The number of aliphatic hydroxyl groups is 6. The number of nitrogens with one attached hydrogen (secondary N) is 2. The second kappa shape index (κ2) is 27.3. The quantitative estimate of drug-likeness (QED) is 0.00969. The van der Waals surface area contributed by atoms with E-state index in [1.54, 1.807) is 24.3 Å². The number of esters is 1. The van der Waals surface area contributed by atoms with Crippen LogP contribution in [0.3, 0.4) is 0 Å². The van der Waals surface area contributed by atoms with Crippen molar-refractivity contribution in [2.75, 3.05) is 46.9 Å². The lowest BCUT2D eigenvalue weighted by molar-refractivity contribution is -0.386. The van der Waals surface area contributed by atoms with Gasteiger partial charge in [0.1, 0.15) is 23.4 Å². The van der Waals surface area contributed by atoms with Gasteiger partial charge in [0, 0.05) is 71.9 Å². The monoisotopic (exact) mass is 1290 g/mol. The first kappa shape index (κ1) is 67.0. The molecule has 15 N–H and O–H groups in total. The Hall–Kier alpha value is -6.95. The molecule has 2 aliphatic heterocycles. The molecule has 22 nitrogen and oxygen atoms in total. The number of ether oxygens (including phenoxy) is 5. The number of hydrogen-bond donors (Lipinski definition) is 12. The number of carbonyl (C=O) groups is 4. The molecule has 22 heteroatoms. The Labute approximate surface area is 546 Å². The van der Waals surface area contributed by atoms with Crippen molar-refractivity contribution in [1.29, 1.82) is 0 Å². The van der Waals surface area contributed by atoms with Gasteiger partial charge in [-0.25, -0.2) is 0 Å². The number of ketones is 2. The summed E-state index contributed by atoms with van der Waals surface area (Å²) >= 11 is 0. The number of aldehydes is 1. The fourth-order valence-electron chi connectivity index (χ4n) is 17.7. The highest BCUT2D eigenvalue weighted by molar-refractivity contribution is 6.32. The number of hydrogen-bond acceptors (Lipinski definition) is 20. The number of likely N-dealkylation sites (N-methyl/N-ethyl adjacent to an activating group) is 1. The number of aromatic hydroxyl groups is 1. The van der Waals surface area contributed by atoms with Crippen molar-refractivity contribution in [3.05, 3.63) is 120 Å². The number of phenols is 1. The molecule has 4 aromatic rings. The summed E-state index contributed by atoms with van der Waals surface area (Å²) in [5.74, 6) is -1.73. The van der Waals surface area contributed by atoms with Crippen LogP contribution in [-0.2, 0) is 50.5 Å². The van der Waals surface area contributed by atoms with Crippen LogP contribution < -0.4 is 37.3 Å². The van der Waals surface area contributed by atoms with Crippen LogP contribution in [0.25, 0.3) is 12.2 Å². The molecule has 502 valence electrons. The van der Waals surface area contributed by atoms with Crippen LogP contribution in [0.2, 0.25) is 0 Å². The normalized spacial score (nSPS) is 30.5. The number of aliphatic imine (C=N–C) groups is 1. The zero-order chi connectivity index (χ0) is 66.5. The molecule has 0 unspecified atom stereocenters. The van der Waals surface area contributed by atoms with Crippen molar-refractivity contribution in [3.8, 4) is 29.1 Å². The van der Waals surface area contributed by atoms with Gasteiger partial charge in [0.15, 0.2) is 29.9 Å². The number of guanidine groups is 1. The third kappa shape index (κ3) is 12.4. The molecule has 2 saturated heterocycles. The number of fused-ring (bicyclic) bond motifs is 7. The first-order valence-corrected chi connectivity index (χ1v) is 33.2. The average molecular weight is 1290 g/mol. The number of benzene rings is 4. The third-order valence-electron chi connectivity index (χ3n) is 21.6. The standard InChI is InChI=1S/C72H88N6O16/c1-37(81)92-55-28-44(35-79)56-57-49(55)18-14-38-8-6-9-39(24-38)26-46(82)17-16-45(73)12-7-13-50-58(63(57)85)59(62(56)84)61(83)51(65(50)94-68-67(91-23-21-78-69(74)75)72(88,89)66(86)64(93-68)41-10-4-5-11-41)27-42-15-19-48-54-29-53-43(31-70(54)20-22-90-47(32-70)34-77-3)25-40(33-76-2)30-71(53,87)60(48)52(42)36-80/h6,8-9,14-15,18-19,24,28,36,40-41,43,45-47,53-54,64,66-68,76-77,79,82-83,86-89H,4-5,10-11,13,16-17,20-23,25-27,29-35,73H2,1-3H3,(H4,74,75,78)/b18-14+/t40-,43+,45-,46+,47+,53-,54-,64-,66+,67-,68+,70+,71-/m0/s1. The fraction of sp³-hybridized carbons (Fsp3) is 0.542. The lowest BCUT2D eigenvalue weighted by Crippen LogP contribution is -2.69. The molecule has 4 aromatic carbocycles. The van der Waals surface area contributed by atoms with Crippen LogP contribution in [-0.4, -0.2) is 161 Å². The molecular weight excluding hydrogens is 1200 g/mol. The Bertz CT molecular complexity index is 3730. The van der Waals surface area contributed by atoms with Gasteiger partial charge in [0.25, 0.3) is 0 Å². The van der Waals surface area contributed by atoms with E-state index in [4.69, 9.17) is 40.9 Å². The molecule has 6 bridgehead atoms. The zero-order valence-corrected chi connectivity index (χ0v) is 53.5. The van der Waals surface area contributed by atoms with E-state index in [1.807, 2.05) is 32.3 Å². The number of nitrogens with two attached hydrogens (primary N) is 3. The highest BCUT2D eigenvalue weighted by Crippen LogP contribution is 2.68. The van der Waals surface area contributed by atoms with E-state index in [1.165, 1.54) is 12.1 Å². The average Bonchev–Trinajstić information content (AvgIpc) is 0.750. The largest absolute Gasteiger partial charge is 0.507 e. The van der Waals surface area contributed by atoms with Crippen LogP contribution in [0, 0.1) is 40.9 Å². The Morgan fingerprint density at radius 1 is 0.904 bits per heavy atom. The molecule has 94 heavy (non-hydrogen) atoms. The highest BCUT2D eigenvalue weighted by atomic mass is 16.7. The van der Waals surface area contributed by atoms with E-state index < -0.39 is 108 Å². The number of aliphatic hydroxyl groups excluding tert-OH is 3. The third-order valence-corrected chi connectivity index (χ3v) is 21.6. The van der Waals surface area contributed by atoms with Gasteiger partial charge in [0.2, 0.25) is 12.1 Å². The van der Waals surface area contributed by atoms with Gasteiger partial charge in [-0.3, -0.25) is 24.2 Å². The lowest BCUT2D eigenvalue weighted by atomic mass is 9.44. The summed E-state index contributed by atoms with van der Waals surface area (Å²) in [6, 6.07) is 11.5. The van der Waals surface area contributed by atoms with Crippen molar-refractivity contribution >= 4 is 41.9 Å². The minimum Gasteiger partial charge on any atom is -0.507 e. The molecule has 0 aromatic heterocycles. The van der Waals surface area contributed by atoms with E-state index in [0.717, 1.165) is 62.9 Å². The number of nitrogens with zero attached hydrogens (tertiary/aromatic N) is 1. The van der Waals surface area contributed by atoms with Crippen LogP contribution >= 0.6 is 0 Å². The smallest absolute Gasteiger partial charge is 0.308 e. The molecule has 0 radical (unpaired) electrons. The summed E-state index contributed by atoms with van der Waals surface area (Å²) in [5.41, 5.74) is 17.5. The summed E-state index contributed by atoms with van der Waals surface area (Å²) in [5, 5.41) is 93.2. The van der Waals surface area contributed by atoms with Crippen molar-refractivity contribution in [3.63, 3.8) is 0 Å². The van der Waals surface area contributed by atoms with Gasteiger partial charge in [-0.15, -0.1) is 0 Å². The predicted octanol–water partition coefficient (Wildman–Crippen LogP) is 4.05. The topological polar surface area (TPSA) is 371 Å². The molecule has 13 atom stereocenters. The molecule has 2 heterocycles. The number of rotatable bonds is 16. The zero-order valence-electron chi connectivity index (χ0n) is 53.5. The van der Waals surface area contributed by atoms with E-state index >= 15 is 9.59 Å². The Balaban J connectivity index is 1.12. The van der Waals surface area contributed by atoms with Gasteiger partial charge in [0.05, 0.1) is 55.3 Å². The molecule has 5 fully saturated rings. The summed E-state index contributed by atoms with van der Waals surface area (Å²) < 4.78 is 32.3. The molecule has 3 saturated carbocycles. The first-order valence-electron chi connectivity index (χ1n) is 33.2. The molecular formula is C72H88N6O16. The second-order valence-electron chi connectivity index (χ2n) is 27.5. The van der Waals surface area contributed by atoms with Crippen LogP contribution in [0.1, 0.15) is 182 Å². The minimum absolute atomic E-state index is 0.0274. The fourth-order valence-corrected chi connectivity index (χ4v) is 17.7. The van der Waals surface area contributed by atoms with E-state index in [0.29, 0.717) is 62.1 Å². The van der Waals surface area contributed by atoms with Crippen molar-refractivity contribution in [2.45, 2.75) is 170 Å². The molecule has 6 aliphatic carbocycles. The summed E-state index contributed by atoms with van der Waals surface area (Å²) in [6.07, 6.45) is 2.55. The molecule has 8 aliphatic rings. The predicted molar refractivity (Wildman–Crippen MR) is 347 cm³/mol. The van der Waals surface area contributed by atoms with Crippen molar-refractivity contribution < 1.29 is 78.6 Å². The second-order valence-corrected chi connectivity index (χ2v) is 27.5. The van der Waals surface area contributed by atoms with Crippen molar-refractivity contribution in [2.24, 2.45) is 51.3 Å². The van der Waals surface area contributed by atoms with Crippen LogP contribution in [0.5, 0.6) is 17.2 Å². The minimum atomic E-state index is -3.13. The van der Waals surface area contributed by atoms with E-state index in [-0.39, 0.29) is 124 Å². The lowest BCUT2D eigenvalue weighted by Gasteiger charge is -2.63. The summed E-state index contributed by atoms with van der Waals surface area (Å²) in [6.45, 7) is 1.57. The van der Waals surface area contributed by atoms with Crippen molar-refractivity contribution in [1.82, 2.24) is 10.6 Å². The Morgan fingerprint density at radius 3 is 2.41 bits per heavy atom. The molecule has 12 rings (SSSR count). The summed E-state index contributed by atoms with van der Waals surface area (Å²) in [4.78, 5) is 64.1. The van der Waals surface area contributed by atoms with Crippen LogP contribution in [0.4, 0.5) is 0 Å². The summed E-state index contributed by atoms with van der Waals surface area (Å²) in [7, 11) is 3.79. The van der Waals surface area contributed by atoms with Gasteiger partial charge >= 0.3 is 5.97 Å². The van der Waals surface area contributed by atoms with Gasteiger partial charge in [-0.05, 0) is 172 Å².